The van der Waals surface area contributed by atoms with Crippen molar-refractivity contribution in [3.8, 4) is 0 Å². The third kappa shape index (κ3) is 3.89. The lowest BCUT2D eigenvalue weighted by molar-refractivity contribution is 0.100. The van der Waals surface area contributed by atoms with Gasteiger partial charge in [-0.3, -0.25) is 4.79 Å². The number of primary amides is 1. The molecule has 2 saturated heterocycles. The Hall–Kier alpha value is -2.24. The molecule has 25 heavy (non-hydrogen) atoms. The predicted octanol–water partition coefficient (Wildman–Crippen LogP) is 2.19. The largest absolute Gasteiger partial charge is 0.369 e. The minimum atomic E-state index is -0.417. The van der Waals surface area contributed by atoms with Crippen LogP contribution in [0.5, 0.6) is 0 Å². The van der Waals surface area contributed by atoms with E-state index in [0.29, 0.717) is 24.1 Å². The highest BCUT2D eigenvalue weighted by atomic mass is 16.2. The monoisotopic (exact) mass is 344 g/mol. The molecule has 136 valence electrons. The van der Waals surface area contributed by atoms with Crippen molar-refractivity contribution in [2.75, 3.05) is 24.5 Å². The summed E-state index contributed by atoms with van der Waals surface area (Å²) in [6, 6.07) is 7.82. The lowest BCUT2D eigenvalue weighted by Gasteiger charge is -2.37. The zero-order valence-electron chi connectivity index (χ0n) is 15.1. The molecular weight excluding hydrogens is 316 g/mol. The van der Waals surface area contributed by atoms with E-state index in [1.165, 1.54) is 6.42 Å². The predicted molar refractivity (Wildman–Crippen MR) is 98.7 cm³/mol. The van der Waals surface area contributed by atoms with Crippen molar-refractivity contribution in [3.63, 3.8) is 0 Å². The van der Waals surface area contributed by atoms with Gasteiger partial charge in [0.15, 0.2) is 0 Å². The first-order valence-electron chi connectivity index (χ1n) is 9.16. The third-order valence-corrected chi connectivity index (χ3v) is 5.40. The van der Waals surface area contributed by atoms with Crippen LogP contribution in [0.15, 0.2) is 24.3 Å². The molecule has 1 aromatic rings. The first-order valence-corrected chi connectivity index (χ1v) is 9.16. The molecule has 0 bridgehead atoms. The molecule has 2 aliphatic heterocycles. The molecule has 3 rings (SSSR count). The maximum absolute atomic E-state index is 12.7. The Morgan fingerprint density at radius 2 is 1.88 bits per heavy atom. The average molecular weight is 344 g/mol. The number of nitrogens with two attached hydrogens (primary N) is 1. The number of para-hydroxylation sites is 1. The van der Waals surface area contributed by atoms with Crippen LogP contribution >= 0.6 is 0 Å². The van der Waals surface area contributed by atoms with Gasteiger partial charge in [0.2, 0.25) is 0 Å². The molecule has 0 aromatic heterocycles. The third-order valence-electron chi connectivity index (χ3n) is 5.40. The van der Waals surface area contributed by atoms with E-state index in [4.69, 9.17) is 5.73 Å². The van der Waals surface area contributed by atoms with Gasteiger partial charge >= 0.3 is 6.03 Å². The first kappa shape index (κ1) is 17.6. The highest BCUT2D eigenvalue weighted by Gasteiger charge is 2.31. The molecule has 3 atom stereocenters. The minimum absolute atomic E-state index is 0.0362. The van der Waals surface area contributed by atoms with Crippen LogP contribution in [0.2, 0.25) is 0 Å². The molecule has 2 fully saturated rings. The van der Waals surface area contributed by atoms with E-state index in [1.807, 2.05) is 23.1 Å². The van der Waals surface area contributed by atoms with Crippen molar-refractivity contribution in [2.24, 2.45) is 11.7 Å². The number of hydrogen-bond acceptors (Lipinski definition) is 3. The Balaban J connectivity index is 1.62. The summed E-state index contributed by atoms with van der Waals surface area (Å²) in [5.74, 6) is 0.142. The Morgan fingerprint density at radius 3 is 2.64 bits per heavy atom. The molecule has 0 spiro atoms. The van der Waals surface area contributed by atoms with E-state index >= 15 is 0 Å². The molecule has 3 N–H and O–H groups in total. The highest BCUT2D eigenvalue weighted by Crippen LogP contribution is 2.25. The summed E-state index contributed by atoms with van der Waals surface area (Å²) >= 11 is 0. The number of piperidine rings is 1. The number of nitrogens with one attached hydrogen (secondary N) is 1. The number of nitrogens with zero attached hydrogens (tertiary/aromatic N) is 2. The number of benzene rings is 1. The highest BCUT2D eigenvalue weighted by molar-refractivity contribution is 5.98. The van der Waals surface area contributed by atoms with E-state index in [0.717, 1.165) is 31.6 Å². The van der Waals surface area contributed by atoms with Crippen LogP contribution in [0.25, 0.3) is 0 Å². The van der Waals surface area contributed by atoms with Gasteiger partial charge in [0.05, 0.1) is 5.56 Å². The molecule has 3 amide bonds. The molecule has 2 heterocycles. The van der Waals surface area contributed by atoms with Gasteiger partial charge in [-0.25, -0.2) is 4.79 Å². The summed E-state index contributed by atoms with van der Waals surface area (Å²) in [6.07, 6.45) is 3.13. The van der Waals surface area contributed by atoms with Crippen LogP contribution < -0.4 is 16.0 Å². The maximum atomic E-state index is 12.7. The molecule has 1 aromatic carbocycles. The van der Waals surface area contributed by atoms with E-state index in [2.05, 4.69) is 24.1 Å². The van der Waals surface area contributed by atoms with Crippen molar-refractivity contribution < 1.29 is 9.59 Å². The van der Waals surface area contributed by atoms with Crippen molar-refractivity contribution in [3.05, 3.63) is 29.8 Å². The zero-order valence-corrected chi connectivity index (χ0v) is 15.1. The lowest BCUT2D eigenvalue weighted by atomic mass is 9.95. The van der Waals surface area contributed by atoms with Crippen LogP contribution in [0.1, 0.15) is 43.5 Å². The van der Waals surface area contributed by atoms with E-state index in [1.54, 1.807) is 6.07 Å². The molecule has 6 heteroatoms. The van der Waals surface area contributed by atoms with Gasteiger partial charge in [0.1, 0.15) is 0 Å². The van der Waals surface area contributed by atoms with Crippen LogP contribution in [-0.4, -0.2) is 48.6 Å². The Kier molecular flexibility index (Phi) is 5.16. The molecule has 6 nitrogen and oxygen atoms in total. The Bertz CT molecular complexity index is 648. The van der Waals surface area contributed by atoms with Gasteiger partial charge in [-0.1, -0.05) is 19.1 Å². The van der Waals surface area contributed by atoms with Gasteiger partial charge in [0.25, 0.3) is 5.91 Å². The molecular formula is C19H28N4O2. The SMILES string of the molecule is C[C@@H]1CC[C@H](C)N(C(=O)N[C@H]2CCN(c3ccccc3C(N)=O)C2)C1. The van der Waals surface area contributed by atoms with E-state index in [-0.39, 0.29) is 12.1 Å². The summed E-state index contributed by atoms with van der Waals surface area (Å²) < 4.78 is 0. The fraction of sp³-hybridized carbons (Fsp3) is 0.579. The summed E-state index contributed by atoms with van der Waals surface area (Å²) in [5, 5.41) is 3.18. The number of carbonyl (C=O) groups is 2. The Morgan fingerprint density at radius 1 is 1.12 bits per heavy atom. The van der Waals surface area contributed by atoms with Gasteiger partial charge in [-0.2, -0.15) is 0 Å². The van der Waals surface area contributed by atoms with Crippen molar-refractivity contribution >= 4 is 17.6 Å². The standard InChI is InChI=1S/C19H28N4O2/c1-13-7-8-14(2)23(11-13)19(25)21-15-9-10-22(12-15)17-6-4-3-5-16(17)18(20)24/h3-6,13-15H,7-12H2,1-2H3,(H2,20,24)(H,21,25)/t13-,14+,15+/m1/s1. The quantitative estimate of drug-likeness (QED) is 0.882. The number of rotatable bonds is 3. The Labute approximate surface area is 149 Å². The number of hydrogen-bond donors (Lipinski definition) is 2. The average Bonchev–Trinajstić information content (AvgIpc) is 3.05. The van der Waals surface area contributed by atoms with Crippen LogP contribution in [0, 0.1) is 5.92 Å². The van der Waals surface area contributed by atoms with Crippen LogP contribution in [0.3, 0.4) is 0 Å². The normalized spacial score (nSPS) is 26.6. The molecule has 0 saturated carbocycles. The van der Waals surface area contributed by atoms with Gasteiger partial charge in [-0.15, -0.1) is 0 Å². The summed E-state index contributed by atoms with van der Waals surface area (Å²) in [6.45, 7) is 6.66. The van der Waals surface area contributed by atoms with Crippen LogP contribution in [-0.2, 0) is 0 Å². The van der Waals surface area contributed by atoms with Crippen LogP contribution in [0.4, 0.5) is 10.5 Å². The molecule has 0 radical (unpaired) electrons. The molecule has 0 aliphatic carbocycles. The second-order valence-corrected chi connectivity index (χ2v) is 7.45. The minimum Gasteiger partial charge on any atom is -0.369 e. The van der Waals surface area contributed by atoms with E-state index in [9.17, 15) is 9.59 Å². The second-order valence-electron chi connectivity index (χ2n) is 7.45. The fourth-order valence-electron chi connectivity index (χ4n) is 3.88. The number of carbonyl (C=O) groups excluding carboxylic acids is 2. The topological polar surface area (TPSA) is 78.7 Å². The number of likely N-dealkylation sites (tertiary alicyclic amines) is 1. The smallest absolute Gasteiger partial charge is 0.317 e. The van der Waals surface area contributed by atoms with E-state index < -0.39 is 5.91 Å². The van der Waals surface area contributed by atoms with Gasteiger partial charge in [0, 0.05) is 37.4 Å². The summed E-state index contributed by atoms with van der Waals surface area (Å²) in [7, 11) is 0. The lowest BCUT2D eigenvalue weighted by Crippen LogP contribution is -2.52. The fourth-order valence-corrected chi connectivity index (χ4v) is 3.88. The number of urea groups is 1. The van der Waals surface area contributed by atoms with Crippen molar-refractivity contribution in [1.29, 1.82) is 0 Å². The molecule has 2 aliphatic rings. The van der Waals surface area contributed by atoms with Crippen molar-refractivity contribution in [2.45, 2.75) is 45.2 Å². The maximum Gasteiger partial charge on any atom is 0.317 e. The zero-order chi connectivity index (χ0) is 18.0. The van der Waals surface area contributed by atoms with Gasteiger partial charge < -0.3 is 20.9 Å². The van der Waals surface area contributed by atoms with Crippen molar-refractivity contribution in [1.82, 2.24) is 10.2 Å². The number of amides is 3. The van der Waals surface area contributed by atoms with Gasteiger partial charge in [-0.05, 0) is 44.2 Å². The first-order chi connectivity index (χ1) is 12.0. The second kappa shape index (κ2) is 7.33. The number of anilines is 1. The molecule has 0 unspecified atom stereocenters. The summed E-state index contributed by atoms with van der Waals surface area (Å²) in [5.41, 5.74) is 6.87. The summed E-state index contributed by atoms with van der Waals surface area (Å²) in [4.78, 5) is 28.4.